The molecule has 1 aliphatic heterocycles. The summed E-state index contributed by atoms with van der Waals surface area (Å²) in [5, 5.41) is 0. The molecule has 0 bridgehead atoms. The molecular formula is C14H20BrFN2. The Kier molecular flexibility index (Phi) is 4.76. The SMILES string of the molecule is CN1CCCCC(CN)C1c1cc(F)ccc1Br. The first kappa shape index (κ1) is 14.0. The quantitative estimate of drug-likeness (QED) is 0.907. The van der Waals surface area contributed by atoms with Crippen molar-refractivity contribution in [1.29, 1.82) is 0 Å². The van der Waals surface area contributed by atoms with Crippen LogP contribution in [0, 0.1) is 11.7 Å². The minimum atomic E-state index is -0.179. The number of halogens is 2. The highest BCUT2D eigenvalue weighted by atomic mass is 79.9. The summed E-state index contributed by atoms with van der Waals surface area (Å²) < 4.78 is 14.5. The third-order valence-electron chi connectivity index (χ3n) is 3.84. The third-order valence-corrected chi connectivity index (χ3v) is 4.56. The number of nitrogens with two attached hydrogens (primary N) is 1. The second kappa shape index (κ2) is 6.13. The lowest BCUT2D eigenvalue weighted by Crippen LogP contribution is -2.33. The molecule has 2 N–H and O–H groups in total. The molecule has 2 atom stereocenters. The largest absolute Gasteiger partial charge is 0.330 e. The molecule has 1 aromatic carbocycles. The highest BCUT2D eigenvalue weighted by molar-refractivity contribution is 9.10. The second-order valence-electron chi connectivity index (χ2n) is 5.08. The molecule has 1 aromatic rings. The van der Waals surface area contributed by atoms with E-state index in [-0.39, 0.29) is 11.9 Å². The lowest BCUT2D eigenvalue weighted by atomic mass is 9.89. The molecule has 18 heavy (non-hydrogen) atoms. The molecule has 100 valence electrons. The molecule has 2 unspecified atom stereocenters. The van der Waals surface area contributed by atoms with Gasteiger partial charge in [0.1, 0.15) is 5.82 Å². The normalized spacial score (nSPS) is 26.0. The summed E-state index contributed by atoms with van der Waals surface area (Å²) in [5.41, 5.74) is 6.94. The average Bonchev–Trinajstić information content (AvgIpc) is 2.54. The zero-order valence-corrected chi connectivity index (χ0v) is 12.3. The molecule has 0 aliphatic carbocycles. The van der Waals surface area contributed by atoms with Crippen LogP contribution in [-0.2, 0) is 0 Å². The number of rotatable bonds is 2. The van der Waals surface area contributed by atoms with Crippen molar-refractivity contribution in [2.24, 2.45) is 11.7 Å². The predicted molar refractivity (Wildman–Crippen MR) is 75.9 cm³/mol. The third kappa shape index (κ3) is 2.92. The monoisotopic (exact) mass is 314 g/mol. The van der Waals surface area contributed by atoms with E-state index >= 15 is 0 Å². The summed E-state index contributed by atoms with van der Waals surface area (Å²) in [6.45, 7) is 1.70. The van der Waals surface area contributed by atoms with Gasteiger partial charge in [-0.1, -0.05) is 22.4 Å². The van der Waals surface area contributed by atoms with Gasteiger partial charge in [-0.2, -0.15) is 0 Å². The molecule has 1 heterocycles. The Morgan fingerprint density at radius 2 is 2.22 bits per heavy atom. The van der Waals surface area contributed by atoms with Crippen LogP contribution in [0.5, 0.6) is 0 Å². The standard InChI is InChI=1S/C14H20BrFN2/c1-18-7-3-2-4-10(9-17)14(18)12-8-11(16)5-6-13(12)15/h5-6,8,10,14H,2-4,7,9,17H2,1H3. The number of likely N-dealkylation sites (tertiary alicyclic amines) is 1. The van der Waals surface area contributed by atoms with Crippen LogP contribution < -0.4 is 5.73 Å². The average molecular weight is 315 g/mol. The fraction of sp³-hybridized carbons (Fsp3) is 0.571. The Morgan fingerprint density at radius 3 is 2.94 bits per heavy atom. The second-order valence-corrected chi connectivity index (χ2v) is 5.94. The van der Waals surface area contributed by atoms with Gasteiger partial charge in [0.2, 0.25) is 0 Å². The highest BCUT2D eigenvalue weighted by Gasteiger charge is 2.29. The van der Waals surface area contributed by atoms with E-state index in [1.165, 1.54) is 18.9 Å². The maximum atomic E-state index is 13.5. The van der Waals surface area contributed by atoms with E-state index in [0.717, 1.165) is 23.0 Å². The molecule has 1 fully saturated rings. The Balaban J connectivity index is 2.39. The fourth-order valence-electron chi connectivity index (χ4n) is 2.90. The summed E-state index contributed by atoms with van der Waals surface area (Å²) >= 11 is 3.54. The Labute approximate surface area is 116 Å². The predicted octanol–water partition coefficient (Wildman–Crippen LogP) is 3.32. The lowest BCUT2D eigenvalue weighted by Gasteiger charge is -2.32. The van der Waals surface area contributed by atoms with Gasteiger partial charge >= 0.3 is 0 Å². The summed E-state index contributed by atoms with van der Waals surface area (Å²) in [6.07, 6.45) is 3.51. The van der Waals surface area contributed by atoms with Crippen LogP contribution in [-0.4, -0.2) is 25.0 Å². The van der Waals surface area contributed by atoms with Crippen molar-refractivity contribution in [1.82, 2.24) is 4.90 Å². The molecule has 0 aromatic heterocycles. The van der Waals surface area contributed by atoms with E-state index in [0.29, 0.717) is 12.5 Å². The summed E-state index contributed by atoms with van der Waals surface area (Å²) in [6, 6.07) is 5.13. The number of hydrogen-bond donors (Lipinski definition) is 1. The number of nitrogens with zero attached hydrogens (tertiary/aromatic N) is 1. The summed E-state index contributed by atoms with van der Waals surface area (Å²) in [5.74, 6) is 0.220. The van der Waals surface area contributed by atoms with Gasteiger partial charge in [0.15, 0.2) is 0 Å². The van der Waals surface area contributed by atoms with E-state index in [2.05, 4.69) is 27.9 Å². The zero-order chi connectivity index (χ0) is 13.1. The summed E-state index contributed by atoms with van der Waals surface area (Å²) in [4.78, 5) is 2.31. The number of benzene rings is 1. The maximum Gasteiger partial charge on any atom is 0.123 e. The first-order valence-corrected chi connectivity index (χ1v) is 7.28. The first-order valence-electron chi connectivity index (χ1n) is 6.48. The van der Waals surface area contributed by atoms with E-state index in [4.69, 9.17) is 5.73 Å². The molecule has 4 heteroatoms. The van der Waals surface area contributed by atoms with E-state index in [1.54, 1.807) is 12.1 Å². The molecule has 0 saturated carbocycles. The minimum absolute atomic E-state index is 0.179. The fourth-order valence-corrected chi connectivity index (χ4v) is 3.39. The molecular weight excluding hydrogens is 295 g/mol. The molecule has 0 spiro atoms. The van der Waals surface area contributed by atoms with Gasteiger partial charge in [0.05, 0.1) is 0 Å². The van der Waals surface area contributed by atoms with Crippen LogP contribution >= 0.6 is 15.9 Å². The molecule has 2 rings (SSSR count). The molecule has 2 nitrogen and oxygen atoms in total. The van der Waals surface area contributed by atoms with Crippen LogP contribution in [0.2, 0.25) is 0 Å². The van der Waals surface area contributed by atoms with Crippen LogP contribution in [0.4, 0.5) is 4.39 Å². The van der Waals surface area contributed by atoms with Gasteiger partial charge in [-0.25, -0.2) is 4.39 Å². The van der Waals surface area contributed by atoms with Crippen LogP contribution in [0.15, 0.2) is 22.7 Å². The first-order chi connectivity index (χ1) is 8.63. The Bertz CT molecular complexity index is 411. The lowest BCUT2D eigenvalue weighted by molar-refractivity contribution is 0.195. The van der Waals surface area contributed by atoms with Crippen molar-refractivity contribution < 1.29 is 4.39 Å². The Hall–Kier alpha value is -0.450. The van der Waals surface area contributed by atoms with Crippen molar-refractivity contribution >= 4 is 15.9 Å². The molecule has 0 radical (unpaired) electrons. The minimum Gasteiger partial charge on any atom is -0.330 e. The molecule has 1 saturated heterocycles. The van der Waals surface area contributed by atoms with Gasteiger partial charge in [-0.3, -0.25) is 4.90 Å². The van der Waals surface area contributed by atoms with Gasteiger partial charge < -0.3 is 5.73 Å². The zero-order valence-electron chi connectivity index (χ0n) is 10.7. The van der Waals surface area contributed by atoms with Gasteiger partial charge in [-0.05, 0) is 62.7 Å². The smallest absolute Gasteiger partial charge is 0.123 e. The summed E-state index contributed by atoms with van der Waals surface area (Å²) in [7, 11) is 2.11. The van der Waals surface area contributed by atoms with Crippen molar-refractivity contribution in [3.8, 4) is 0 Å². The van der Waals surface area contributed by atoms with Crippen LogP contribution in [0.1, 0.15) is 30.9 Å². The highest BCUT2D eigenvalue weighted by Crippen LogP contribution is 2.37. The maximum absolute atomic E-state index is 13.5. The van der Waals surface area contributed by atoms with Crippen molar-refractivity contribution in [2.45, 2.75) is 25.3 Å². The van der Waals surface area contributed by atoms with Crippen molar-refractivity contribution in [3.63, 3.8) is 0 Å². The number of hydrogen-bond acceptors (Lipinski definition) is 2. The van der Waals surface area contributed by atoms with E-state index < -0.39 is 0 Å². The van der Waals surface area contributed by atoms with Crippen LogP contribution in [0.3, 0.4) is 0 Å². The van der Waals surface area contributed by atoms with E-state index in [9.17, 15) is 4.39 Å². The van der Waals surface area contributed by atoms with Crippen LogP contribution in [0.25, 0.3) is 0 Å². The van der Waals surface area contributed by atoms with Gasteiger partial charge in [-0.15, -0.1) is 0 Å². The van der Waals surface area contributed by atoms with Crippen molar-refractivity contribution in [3.05, 3.63) is 34.1 Å². The van der Waals surface area contributed by atoms with Gasteiger partial charge in [0.25, 0.3) is 0 Å². The molecule has 1 aliphatic rings. The topological polar surface area (TPSA) is 29.3 Å². The molecule has 0 amide bonds. The van der Waals surface area contributed by atoms with E-state index in [1.807, 2.05) is 0 Å². The van der Waals surface area contributed by atoms with Crippen molar-refractivity contribution in [2.75, 3.05) is 20.1 Å². The van der Waals surface area contributed by atoms with Gasteiger partial charge in [0, 0.05) is 10.5 Å². The Morgan fingerprint density at radius 1 is 1.44 bits per heavy atom.